The van der Waals surface area contributed by atoms with Crippen molar-refractivity contribution in [2.45, 2.75) is 6.54 Å². The molecule has 1 N–H and O–H groups in total. The zero-order valence-electron chi connectivity index (χ0n) is 12.5. The molecule has 1 fully saturated rings. The zero-order valence-corrected chi connectivity index (χ0v) is 13.3. The molecule has 1 aliphatic rings. The molecule has 0 aliphatic carbocycles. The van der Waals surface area contributed by atoms with E-state index in [2.05, 4.69) is 26.3 Å². The number of benzene rings is 1. The van der Waals surface area contributed by atoms with Crippen LogP contribution in [-0.2, 0) is 11.3 Å². The first-order chi connectivity index (χ1) is 11.3. The summed E-state index contributed by atoms with van der Waals surface area (Å²) in [7, 11) is 0. The molecule has 1 amide bonds. The van der Waals surface area contributed by atoms with Crippen LogP contribution in [0.5, 0.6) is 0 Å². The number of anilines is 1. The third kappa shape index (κ3) is 2.90. The fraction of sp³-hybridized carbons (Fsp3) is 0.235. The minimum absolute atomic E-state index is 0.0331. The van der Waals surface area contributed by atoms with Crippen LogP contribution in [0.25, 0.3) is 10.2 Å². The van der Waals surface area contributed by atoms with Crippen molar-refractivity contribution in [3.8, 4) is 0 Å². The van der Waals surface area contributed by atoms with Gasteiger partial charge in [0, 0.05) is 19.3 Å². The van der Waals surface area contributed by atoms with Gasteiger partial charge in [-0.3, -0.25) is 9.78 Å². The van der Waals surface area contributed by atoms with E-state index in [9.17, 15) is 4.79 Å². The van der Waals surface area contributed by atoms with Crippen molar-refractivity contribution in [3.63, 3.8) is 0 Å². The van der Waals surface area contributed by atoms with Crippen molar-refractivity contribution in [2.75, 3.05) is 18.0 Å². The van der Waals surface area contributed by atoms with Gasteiger partial charge in [0.05, 0.1) is 28.4 Å². The number of hydrogen-bond donors (Lipinski definition) is 1. The lowest BCUT2D eigenvalue weighted by atomic mass is 10.00. The van der Waals surface area contributed by atoms with Crippen LogP contribution in [0.1, 0.15) is 5.69 Å². The van der Waals surface area contributed by atoms with E-state index in [1.807, 2.05) is 36.4 Å². The normalized spacial score (nSPS) is 14.7. The molecule has 0 atom stereocenters. The lowest BCUT2D eigenvalue weighted by Crippen LogP contribution is -2.53. The number of thiazole rings is 1. The van der Waals surface area contributed by atoms with Crippen molar-refractivity contribution in [1.29, 1.82) is 0 Å². The van der Waals surface area contributed by atoms with Crippen molar-refractivity contribution in [1.82, 2.24) is 15.3 Å². The molecule has 23 heavy (non-hydrogen) atoms. The Kier molecular flexibility index (Phi) is 3.67. The SMILES string of the molecule is O=C(NCc1ccccn1)C1CN(c2nc3ccccc3s2)C1. The van der Waals surface area contributed by atoms with Crippen LogP contribution in [0.4, 0.5) is 5.13 Å². The van der Waals surface area contributed by atoms with Crippen LogP contribution >= 0.6 is 11.3 Å². The largest absolute Gasteiger partial charge is 0.350 e. The van der Waals surface area contributed by atoms with Gasteiger partial charge in [-0.25, -0.2) is 4.98 Å². The van der Waals surface area contributed by atoms with Gasteiger partial charge in [0.1, 0.15) is 0 Å². The average molecular weight is 324 g/mol. The lowest BCUT2D eigenvalue weighted by molar-refractivity contribution is -0.125. The van der Waals surface area contributed by atoms with Gasteiger partial charge in [-0.15, -0.1) is 0 Å². The Morgan fingerprint density at radius 2 is 2.04 bits per heavy atom. The summed E-state index contributed by atoms with van der Waals surface area (Å²) in [6.07, 6.45) is 1.74. The number of aromatic nitrogens is 2. The van der Waals surface area contributed by atoms with Gasteiger partial charge in [0.15, 0.2) is 5.13 Å². The van der Waals surface area contributed by atoms with Crippen molar-refractivity contribution >= 4 is 32.6 Å². The quantitative estimate of drug-likeness (QED) is 0.801. The summed E-state index contributed by atoms with van der Waals surface area (Å²) in [4.78, 5) is 23.2. The third-order valence-electron chi connectivity index (χ3n) is 3.98. The molecule has 0 radical (unpaired) electrons. The molecule has 116 valence electrons. The van der Waals surface area contributed by atoms with Gasteiger partial charge in [-0.1, -0.05) is 29.5 Å². The predicted octanol–water partition coefficient (Wildman–Crippen LogP) is 2.44. The molecule has 6 heteroatoms. The highest BCUT2D eigenvalue weighted by atomic mass is 32.1. The first-order valence-corrected chi connectivity index (χ1v) is 8.39. The Morgan fingerprint density at radius 1 is 1.22 bits per heavy atom. The number of nitrogens with zero attached hydrogens (tertiary/aromatic N) is 3. The molecule has 0 spiro atoms. The van der Waals surface area contributed by atoms with Crippen LogP contribution < -0.4 is 10.2 Å². The Hall–Kier alpha value is -2.47. The fourth-order valence-electron chi connectivity index (χ4n) is 2.62. The highest BCUT2D eigenvalue weighted by molar-refractivity contribution is 7.22. The number of carbonyl (C=O) groups excluding carboxylic acids is 1. The first-order valence-electron chi connectivity index (χ1n) is 7.58. The maximum absolute atomic E-state index is 12.2. The molecule has 0 saturated carbocycles. The molecule has 1 saturated heterocycles. The van der Waals surface area contributed by atoms with Gasteiger partial charge >= 0.3 is 0 Å². The van der Waals surface area contributed by atoms with Crippen LogP contribution in [0.2, 0.25) is 0 Å². The van der Waals surface area contributed by atoms with Crippen LogP contribution in [0, 0.1) is 5.92 Å². The highest BCUT2D eigenvalue weighted by Gasteiger charge is 2.34. The van der Waals surface area contributed by atoms with E-state index in [0.29, 0.717) is 6.54 Å². The van der Waals surface area contributed by atoms with E-state index >= 15 is 0 Å². The monoisotopic (exact) mass is 324 g/mol. The summed E-state index contributed by atoms with van der Waals surface area (Å²) in [5.74, 6) is 0.124. The van der Waals surface area contributed by atoms with E-state index in [-0.39, 0.29) is 11.8 Å². The number of pyridine rings is 1. The molecular weight excluding hydrogens is 308 g/mol. The van der Waals surface area contributed by atoms with E-state index in [1.54, 1.807) is 17.5 Å². The van der Waals surface area contributed by atoms with Gasteiger partial charge in [0.2, 0.25) is 5.91 Å². The minimum atomic E-state index is 0.0331. The van der Waals surface area contributed by atoms with E-state index in [4.69, 9.17) is 0 Å². The summed E-state index contributed by atoms with van der Waals surface area (Å²) in [5.41, 5.74) is 1.90. The second-order valence-electron chi connectivity index (χ2n) is 5.60. The number of carbonyl (C=O) groups is 1. The zero-order chi connectivity index (χ0) is 15.6. The number of fused-ring (bicyclic) bond motifs is 1. The van der Waals surface area contributed by atoms with Gasteiger partial charge in [-0.05, 0) is 24.3 Å². The van der Waals surface area contributed by atoms with Gasteiger partial charge < -0.3 is 10.2 Å². The standard InChI is InChI=1S/C17H16N4OS/c22-16(19-9-13-5-3-4-8-18-13)12-10-21(11-12)17-20-14-6-1-2-7-15(14)23-17/h1-8,12H,9-11H2,(H,19,22). The third-order valence-corrected chi connectivity index (χ3v) is 5.07. The highest BCUT2D eigenvalue weighted by Crippen LogP contribution is 2.32. The molecule has 3 heterocycles. The smallest absolute Gasteiger partial charge is 0.227 e. The molecule has 0 bridgehead atoms. The Labute approximate surface area is 138 Å². The number of para-hydroxylation sites is 1. The average Bonchev–Trinajstić information content (AvgIpc) is 2.96. The molecule has 1 aliphatic heterocycles. The topological polar surface area (TPSA) is 58.1 Å². The van der Waals surface area contributed by atoms with Crippen molar-refractivity contribution in [3.05, 3.63) is 54.4 Å². The van der Waals surface area contributed by atoms with Crippen molar-refractivity contribution in [2.24, 2.45) is 5.92 Å². The van der Waals surface area contributed by atoms with E-state index < -0.39 is 0 Å². The lowest BCUT2D eigenvalue weighted by Gasteiger charge is -2.37. The number of amides is 1. The molecule has 1 aromatic carbocycles. The Bertz CT molecular complexity index is 794. The molecule has 4 rings (SSSR count). The Balaban J connectivity index is 1.33. The van der Waals surface area contributed by atoms with Crippen LogP contribution in [0.3, 0.4) is 0 Å². The number of hydrogen-bond acceptors (Lipinski definition) is 5. The van der Waals surface area contributed by atoms with E-state index in [1.165, 1.54) is 4.70 Å². The van der Waals surface area contributed by atoms with E-state index in [0.717, 1.165) is 29.4 Å². The maximum Gasteiger partial charge on any atom is 0.227 e. The predicted molar refractivity (Wildman–Crippen MR) is 91.4 cm³/mol. The van der Waals surface area contributed by atoms with Crippen molar-refractivity contribution < 1.29 is 4.79 Å². The summed E-state index contributed by atoms with van der Waals surface area (Å²) in [5, 5.41) is 3.95. The Morgan fingerprint density at radius 3 is 2.83 bits per heavy atom. The number of nitrogens with one attached hydrogen (secondary N) is 1. The fourth-order valence-corrected chi connectivity index (χ4v) is 3.60. The molecule has 5 nitrogen and oxygen atoms in total. The van der Waals surface area contributed by atoms with Gasteiger partial charge in [-0.2, -0.15) is 0 Å². The number of rotatable bonds is 4. The summed E-state index contributed by atoms with van der Waals surface area (Å²) in [6, 6.07) is 13.8. The summed E-state index contributed by atoms with van der Waals surface area (Å²) < 4.78 is 1.19. The molecular formula is C17H16N4OS. The molecule has 2 aromatic heterocycles. The van der Waals surface area contributed by atoms with Crippen LogP contribution in [0.15, 0.2) is 48.7 Å². The molecule has 0 unspecified atom stereocenters. The molecule has 3 aromatic rings. The summed E-state index contributed by atoms with van der Waals surface area (Å²) in [6.45, 7) is 1.94. The second kappa shape index (κ2) is 5.96. The van der Waals surface area contributed by atoms with Crippen LogP contribution in [-0.4, -0.2) is 29.0 Å². The first kappa shape index (κ1) is 14.1. The summed E-state index contributed by atoms with van der Waals surface area (Å²) >= 11 is 1.68. The second-order valence-corrected chi connectivity index (χ2v) is 6.61. The minimum Gasteiger partial charge on any atom is -0.350 e. The maximum atomic E-state index is 12.2. The van der Waals surface area contributed by atoms with Gasteiger partial charge in [0.25, 0.3) is 0 Å².